The van der Waals surface area contributed by atoms with Gasteiger partial charge in [0.05, 0.1) is 0 Å². The molecule has 0 N–H and O–H groups in total. The van der Waals surface area contributed by atoms with E-state index in [1.165, 1.54) is 12.0 Å². The van der Waals surface area contributed by atoms with Gasteiger partial charge in [0, 0.05) is 5.02 Å². The van der Waals surface area contributed by atoms with Gasteiger partial charge >= 0.3 is 6.47 Å². The molecule has 0 saturated carbocycles. The van der Waals surface area contributed by atoms with E-state index in [9.17, 15) is 4.79 Å². The lowest BCUT2D eigenvalue weighted by Gasteiger charge is -1.97. The molecule has 1 aromatic rings. The summed E-state index contributed by atoms with van der Waals surface area (Å²) >= 11 is 5.76. The van der Waals surface area contributed by atoms with Crippen molar-refractivity contribution in [2.75, 3.05) is 6.61 Å². The van der Waals surface area contributed by atoms with Crippen molar-refractivity contribution in [1.82, 2.24) is 0 Å². The lowest BCUT2D eigenvalue weighted by atomic mass is 10.1. The SMILES string of the molecule is O=[C]OC/C=C/CCc1ccc(Cl)cc1. The Morgan fingerprint density at radius 2 is 2.00 bits per heavy atom. The monoisotopic (exact) mass is 223 g/mol. The molecule has 0 spiro atoms. The van der Waals surface area contributed by atoms with Crippen molar-refractivity contribution in [3.8, 4) is 0 Å². The van der Waals surface area contributed by atoms with Crippen molar-refractivity contribution >= 4 is 18.1 Å². The normalized spacial score (nSPS) is 10.5. The fourth-order valence-corrected chi connectivity index (χ4v) is 1.30. The van der Waals surface area contributed by atoms with Crippen LogP contribution in [-0.2, 0) is 16.0 Å². The van der Waals surface area contributed by atoms with Gasteiger partial charge in [-0.25, -0.2) is 4.79 Å². The summed E-state index contributed by atoms with van der Waals surface area (Å²) in [4.78, 5) is 9.70. The van der Waals surface area contributed by atoms with Crippen molar-refractivity contribution < 1.29 is 9.53 Å². The largest absolute Gasteiger partial charge is 0.453 e. The van der Waals surface area contributed by atoms with Gasteiger partial charge in [-0.15, -0.1) is 0 Å². The average molecular weight is 224 g/mol. The molecule has 2 nitrogen and oxygen atoms in total. The Balaban J connectivity index is 2.22. The number of halogens is 1. The molecule has 1 aromatic carbocycles. The molecule has 15 heavy (non-hydrogen) atoms. The van der Waals surface area contributed by atoms with Crippen molar-refractivity contribution in [2.24, 2.45) is 0 Å². The Labute approximate surface area is 94.5 Å². The van der Waals surface area contributed by atoms with Gasteiger partial charge in [-0.1, -0.05) is 35.9 Å². The fraction of sp³-hybridized carbons (Fsp3) is 0.250. The van der Waals surface area contributed by atoms with E-state index in [4.69, 9.17) is 11.6 Å². The molecule has 0 heterocycles. The lowest BCUT2D eigenvalue weighted by Crippen LogP contribution is -1.86. The number of benzene rings is 1. The van der Waals surface area contributed by atoms with E-state index in [1.807, 2.05) is 30.3 Å². The molecule has 0 aliphatic heterocycles. The van der Waals surface area contributed by atoms with Crippen molar-refractivity contribution in [3.63, 3.8) is 0 Å². The van der Waals surface area contributed by atoms with Crippen LogP contribution in [0, 0.1) is 0 Å². The van der Waals surface area contributed by atoms with Gasteiger partial charge in [-0.05, 0) is 30.5 Å². The number of aryl methyl sites for hydroxylation is 1. The van der Waals surface area contributed by atoms with E-state index in [0.717, 1.165) is 17.9 Å². The maximum absolute atomic E-state index is 9.70. The Kier molecular flexibility index (Phi) is 5.56. The topological polar surface area (TPSA) is 26.3 Å². The van der Waals surface area contributed by atoms with Gasteiger partial charge in [0.15, 0.2) is 0 Å². The third-order valence-electron chi connectivity index (χ3n) is 1.92. The zero-order valence-corrected chi connectivity index (χ0v) is 9.04. The number of allylic oxidation sites excluding steroid dienone is 1. The Morgan fingerprint density at radius 1 is 1.27 bits per heavy atom. The number of hydrogen-bond acceptors (Lipinski definition) is 2. The van der Waals surface area contributed by atoms with E-state index in [0.29, 0.717) is 6.61 Å². The predicted molar refractivity (Wildman–Crippen MR) is 60.6 cm³/mol. The first-order valence-corrected chi connectivity index (χ1v) is 5.09. The van der Waals surface area contributed by atoms with Crippen LogP contribution in [0.1, 0.15) is 12.0 Å². The molecule has 1 rings (SSSR count). The molecule has 0 aliphatic carbocycles. The van der Waals surface area contributed by atoms with Crippen molar-refractivity contribution in [1.29, 1.82) is 0 Å². The minimum Gasteiger partial charge on any atom is -0.453 e. The van der Waals surface area contributed by atoms with Gasteiger partial charge in [0.1, 0.15) is 6.61 Å². The smallest absolute Gasteiger partial charge is 0.417 e. The maximum atomic E-state index is 9.70. The standard InChI is InChI=1S/C12H12ClO2/c13-12-7-5-11(6-8-12)4-2-1-3-9-15-10-14/h1,3,5-8H,2,4,9H2/b3-1+. The van der Waals surface area contributed by atoms with Gasteiger partial charge in [0.25, 0.3) is 0 Å². The highest BCUT2D eigenvalue weighted by molar-refractivity contribution is 6.30. The number of hydrogen-bond donors (Lipinski definition) is 0. The van der Waals surface area contributed by atoms with E-state index in [-0.39, 0.29) is 0 Å². The van der Waals surface area contributed by atoms with Crippen LogP contribution in [0.3, 0.4) is 0 Å². The molecule has 0 saturated heterocycles. The highest BCUT2D eigenvalue weighted by Crippen LogP contribution is 2.10. The molecule has 0 amide bonds. The van der Waals surface area contributed by atoms with E-state index < -0.39 is 0 Å². The molecule has 0 fully saturated rings. The number of carbonyl (C=O) groups excluding carboxylic acids is 1. The second kappa shape index (κ2) is 7.07. The molecule has 3 heteroatoms. The second-order valence-corrected chi connectivity index (χ2v) is 3.47. The summed E-state index contributed by atoms with van der Waals surface area (Å²) in [5, 5.41) is 0.754. The van der Waals surface area contributed by atoms with E-state index in [2.05, 4.69) is 4.74 Å². The molecular formula is C12H12ClO2. The number of rotatable bonds is 6. The average Bonchev–Trinajstić information content (AvgIpc) is 2.26. The lowest BCUT2D eigenvalue weighted by molar-refractivity contribution is 0.313. The molecular weight excluding hydrogens is 212 g/mol. The number of ether oxygens (including phenoxy) is 1. The molecule has 0 aliphatic rings. The summed E-state index contributed by atoms with van der Waals surface area (Å²) in [6, 6.07) is 7.77. The van der Waals surface area contributed by atoms with Crippen LogP contribution in [0.4, 0.5) is 0 Å². The summed E-state index contributed by atoms with van der Waals surface area (Å²) in [5.41, 5.74) is 1.24. The molecule has 1 radical (unpaired) electrons. The van der Waals surface area contributed by atoms with Crippen LogP contribution in [0.5, 0.6) is 0 Å². The summed E-state index contributed by atoms with van der Waals surface area (Å²) < 4.78 is 4.39. The Hall–Kier alpha value is -1.28. The molecule has 0 aromatic heterocycles. The van der Waals surface area contributed by atoms with Gasteiger partial charge in [-0.2, -0.15) is 0 Å². The first kappa shape index (κ1) is 11.8. The first-order valence-electron chi connectivity index (χ1n) is 4.71. The predicted octanol–water partition coefficient (Wildman–Crippen LogP) is 2.91. The van der Waals surface area contributed by atoms with Crippen LogP contribution in [0.15, 0.2) is 36.4 Å². The molecule has 0 bridgehead atoms. The van der Waals surface area contributed by atoms with Gasteiger partial charge in [-0.3, -0.25) is 0 Å². The fourth-order valence-electron chi connectivity index (χ4n) is 1.17. The van der Waals surface area contributed by atoms with Gasteiger partial charge < -0.3 is 4.74 Å². The summed E-state index contributed by atoms with van der Waals surface area (Å²) in [6.45, 7) is 1.66. The van der Waals surface area contributed by atoms with Crippen LogP contribution >= 0.6 is 11.6 Å². The summed E-state index contributed by atoms with van der Waals surface area (Å²) in [5.74, 6) is 0. The molecule has 79 valence electrons. The maximum Gasteiger partial charge on any atom is 0.417 e. The van der Waals surface area contributed by atoms with Crippen LogP contribution < -0.4 is 0 Å². The highest BCUT2D eigenvalue weighted by Gasteiger charge is 1.91. The van der Waals surface area contributed by atoms with Crippen LogP contribution in [0.25, 0.3) is 0 Å². The van der Waals surface area contributed by atoms with E-state index >= 15 is 0 Å². The zero-order chi connectivity index (χ0) is 10.9. The second-order valence-electron chi connectivity index (χ2n) is 3.03. The summed E-state index contributed by atoms with van der Waals surface area (Å²) in [6.07, 6.45) is 5.66. The van der Waals surface area contributed by atoms with Crippen molar-refractivity contribution in [3.05, 3.63) is 47.0 Å². The van der Waals surface area contributed by atoms with Crippen LogP contribution in [-0.4, -0.2) is 13.1 Å². The third-order valence-corrected chi connectivity index (χ3v) is 2.17. The first-order chi connectivity index (χ1) is 7.33. The quantitative estimate of drug-likeness (QED) is 0.548. The minimum atomic E-state index is 0.296. The third kappa shape index (κ3) is 5.23. The summed E-state index contributed by atoms with van der Waals surface area (Å²) in [7, 11) is 0. The highest BCUT2D eigenvalue weighted by atomic mass is 35.5. The zero-order valence-electron chi connectivity index (χ0n) is 8.28. The Morgan fingerprint density at radius 3 is 2.67 bits per heavy atom. The minimum absolute atomic E-state index is 0.296. The molecule has 0 atom stereocenters. The van der Waals surface area contributed by atoms with Gasteiger partial charge in [0.2, 0.25) is 0 Å². The molecule has 0 unspecified atom stereocenters. The van der Waals surface area contributed by atoms with Crippen molar-refractivity contribution in [2.45, 2.75) is 12.8 Å². The van der Waals surface area contributed by atoms with E-state index in [1.54, 1.807) is 6.08 Å². The Bertz CT molecular complexity index is 317. The van der Waals surface area contributed by atoms with Crippen LogP contribution in [0.2, 0.25) is 5.02 Å².